The van der Waals surface area contributed by atoms with E-state index in [-0.39, 0.29) is 24.3 Å². The van der Waals surface area contributed by atoms with E-state index in [1.165, 1.54) is 0 Å². The van der Waals surface area contributed by atoms with Crippen molar-refractivity contribution in [3.63, 3.8) is 0 Å². The van der Waals surface area contributed by atoms with Gasteiger partial charge in [-0.05, 0) is 68.8 Å². The molecule has 0 radical (unpaired) electrons. The third-order valence-corrected chi connectivity index (χ3v) is 4.85. The lowest BCUT2D eigenvalue weighted by Gasteiger charge is -2.17. The van der Waals surface area contributed by atoms with E-state index in [1.807, 2.05) is 31.2 Å². The third-order valence-electron chi connectivity index (χ3n) is 4.85. The second-order valence-electron chi connectivity index (χ2n) is 7.77. The molecule has 0 bridgehead atoms. The predicted octanol–water partition coefficient (Wildman–Crippen LogP) is 4.03. The molecule has 1 fully saturated rings. The van der Waals surface area contributed by atoms with E-state index in [9.17, 15) is 14.4 Å². The Labute approximate surface area is 182 Å². The monoisotopic (exact) mass is 424 g/mol. The normalized spacial score (nSPS) is 15.8. The van der Waals surface area contributed by atoms with E-state index in [0.29, 0.717) is 24.4 Å². The molecule has 1 saturated heterocycles. The van der Waals surface area contributed by atoms with Crippen LogP contribution in [0.1, 0.15) is 44.0 Å². The van der Waals surface area contributed by atoms with Crippen LogP contribution in [0.4, 0.5) is 11.4 Å². The lowest BCUT2D eigenvalue weighted by molar-refractivity contribution is -0.122. The fourth-order valence-electron chi connectivity index (χ4n) is 3.29. The van der Waals surface area contributed by atoms with Crippen molar-refractivity contribution >= 4 is 29.2 Å². The van der Waals surface area contributed by atoms with Crippen LogP contribution < -0.4 is 15.0 Å². The number of hydrogen-bond donors (Lipinski definition) is 1. The van der Waals surface area contributed by atoms with Gasteiger partial charge in [-0.15, -0.1) is 0 Å². The molecule has 1 heterocycles. The Morgan fingerprint density at radius 3 is 2.39 bits per heavy atom. The quantitative estimate of drug-likeness (QED) is 0.647. The van der Waals surface area contributed by atoms with Crippen LogP contribution in [0.2, 0.25) is 0 Å². The van der Waals surface area contributed by atoms with E-state index < -0.39 is 11.9 Å². The van der Waals surface area contributed by atoms with Crippen molar-refractivity contribution in [3.8, 4) is 5.75 Å². The van der Waals surface area contributed by atoms with Crippen molar-refractivity contribution in [1.29, 1.82) is 0 Å². The zero-order chi connectivity index (χ0) is 22.4. The highest BCUT2D eigenvalue weighted by Gasteiger charge is 2.35. The summed E-state index contributed by atoms with van der Waals surface area (Å²) in [5.74, 6) is -0.414. The molecule has 2 amide bonds. The van der Waals surface area contributed by atoms with Gasteiger partial charge in [0.25, 0.3) is 0 Å². The molecule has 1 aliphatic rings. The summed E-state index contributed by atoms with van der Waals surface area (Å²) in [6.07, 6.45) is 0.877. The Kier molecular flexibility index (Phi) is 7.28. The van der Waals surface area contributed by atoms with E-state index in [4.69, 9.17) is 9.47 Å². The van der Waals surface area contributed by atoms with Gasteiger partial charge in [-0.1, -0.05) is 6.92 Å². The summed E-state index contributed by atoms with van der Waals surface area (Å²) < 4.78 is 10.7. The molecular weight excluding hydrogens is 396 g/mol. The highest BCUT2D eigenvalue weighted by molar-refractivity contribution is 6.03. The maximum absolute atomic E-state index is 12.7. The van der Waals surface area contributed by atoms with E-state index in [2.05, 4.69) is 5.32 Å². The molecule has 2 aromatic carbocycles. The van der Waals surface area contributed by atoms with Crippen molar-refractivity contribution in [3.05, 3.63) is 54.1 Å². The van der Waals surface area contributed by atoms with Gasteiger partial charge in [0, 0.05) is 24.3 Å². The average Bonchev–Trinajstić information content (AvgIpc) is 3.14. The Morgan fingerprint density at radius 1 is 1.10 bits per heavy atom. The maximum Gasteiger partial charge on any atom is 0.338 e. The van der Waals surface area contributed by atoms with Crippen LogP contribution in [0.25, 0.3) is 0 Å². The van der Waals surface area contributed by atoms with Crippen LogP contribution >= 0.6 is 0 Å². The van der Waals surface area contributed by atoms with E-state index >= 15 is 0 Å². The number of carbonyl (C=O) groups is 3. The van der Waals surface area contributed by atoms with Crippen molar-refractivity contribution in [2.45, 2.75) is 39.7 Å². The lowest BCUT2D eigenvalue weighted by atomic mass is 10.1. The number of hydrogen-bond acceptors (Lipinski definition) is 5. The number of ether oxygens (including phenoxy) is 2. The van der Waals surface area contributed by atoms with Crippen LogP contribution in [0.5, 0.6) is 5.75 Å². The van der Waals surface area contributed by atoms with Gasteiger partial charge < -0.3 is 19.7 Å². The molecule has 0 unspecified atom stereocenters. The number of benzene rings is 2. The number of carbonyl (C=O) groups excluding carboxylic acids is 3. The number of esters is 1. The summed E-state index contributed by atoms with van der Waals surface area (Å²) in [7, 11) is 0. The largest absolute Gasteiger partial charge is 0.494 e. The number of amides is 2. The molecule has 3 rings (SSSR count). The summed E-state index contributed by atoms with van der Waals surface area (Å²) in [4.78, 5) is 38.7. The number of rotatable bonds is 8. The summed E-state index contributed by atoms with van der Waals surface area (Å²) in [5.41, 5.74) is 1.73. The second-order valence-corrected chi connectivity index (χ2v) is 7.77. The molecule has 1 aliphatic heterocycles. The van der Waals surface area contributed by atoms with Crippen molar-refractivity contribution in [2.75, 3.05) is 23.4 Å². The summed E-state index contributed by atoms with van der Waals surface area (Å²) in [6.45, 7) is 6.57. The topological polar surface area (TPSA) is 84.9 Å². The third kappa shape index (κ3) is 5.84. The highest BCUT2D eigenvalue weighted by atomic mass is 16.5. The van der Waals surface area contributed by atoms with Crippen LogP contribution in [-0.4, -0.2) is 37.0 Å². The van der Waals surface area contributed by atoms with Crippen molar-refractivity contribution in [2.24, 2.45) is 5.92 Å². The van der Waals surface area contributed by atoms with Crippen LogP contribution in [0.15, 0.2) is 48.5 Å². The minimum Gasteiger partial charge on any atom is -0.494 e. The molecule has 0 spiro atoms. The van der Waals surface area contributed by atoms with E-state index in [0.717, 1.165) is 17.9 Å². The molecule has 0 aliphatic carbocycles. The number of anilines is 2. The fraction of sp³-hybridized carbons (Fsp3) is 0.375. The molecule has 7 nitrogen and oxygen atoms in total. The Bertz CT molecular complexity index is 922. The Morgan fingerprint density at radius 2 is 1.77 bits per heavy atom. The molecule has 0 saturated carbocycles. The predicted molar refractivity (Wildman–Crippen MR) is 118 cm³/mol. The Hall–Kier alpha value is -3.35. The van der Waals surface area contributed by atoms with Crippen LogP contribution in [0, 0.1) is 5.92 Å². The summed E-state index contributed by atoms with van der Waals surface area (Å²) in [6, 6.07) is 13.8. The standard InChI is InChI=1S/C24H28N2O5/c1-4-13-30-21-11-9-20(10-12-21)26-15-18(14-22(26)27)23(28)25-19-7-5-17(6-8-19)24(29)31-16(2)3/h5-12,16,18H,4,13-15H2,1-3H3,(H,25,28)/t18-/m1/s1. The smallest absolute Gasteiger partial charge is 0.338 e. The number of nitrogens with one attached hydrogen (secondary N) is 1. The molecule has 7 heteroatoms. The van der Waals surface area contributed by atoms with Crippen LogP contribution in [-0.2, 0) is 14.3 Å². The molecule has 31 heavy (non-hydrogen) atoms. The zero-order valence-electron chi connectivity index (χ0n) is 18.1. The van der Waals surface area contributed by atoms with Gasteiger partial charge in [0.05, 0.1) is 24.2 Å². The maximum atomic E-state index is 12.7. The fourth-order valence-corrected chi connectivity index (χ4v) is 3.29. The van der Waals surface area contributed by atoms with Gasteiger partial charge in [0.15, 0.2) is 0 Å². The van der Waals surface area contributed by atoms with Gasteiger partial charge in [-0.3, -0.25) is 9.59 Å². The molecular formula is C24H28N2O5. The zero-order valence-corrected chi connectivity index (χ0v) is 18.1. The van der Waals surface area contributed by atoms with Gasteiger partial charge in [-0.25, -0.2) is 4.79 Å². The minimum absolute atomic E-state index is 0.0887. The average molecular weight is 424 g/mol. The first kappa shape index (κ1) is 22.3. The molecule has 1 atom stereocenters. The Balaban J connectivity index is 1.58. The highest BCUT2D eigenvalue weighted by Crippen LogP contribution is 2.28. The van der Waals surface area contributed by atoms with Crippen molar-refractivity contribution in [1.82, 2.24) is 0 Å². The van der Waals surface area contributed by atoms with Gasteiger partial charge in [0.1, 0.15) is 5.75 Å². The molecule has 164 valence electrons. The minimum atomic E-state index is -0.450. The first-order valence-corrected chi connectivity index (χ1v) is 10.5. The summed E-state index contributed by atoms with van der Waals surface area (Å²) >= 11 is 0. The van der Waals surface area contributed by atoms with Gasteiger partial charge >= 0.3 is 5.97 Å². The lowest BCUT2D eigenvalue weighted by Crippen LogP contribution is -2.28. The summed E-state index contributed by atoms with van der Waals surface area (Å²) in [5, 5.41) is 2.83. The van der Waals surface area contributed by atoms with Crippen LogP contribution in [0.3, 0.4) is 0 Å². The van der Waals surface area contributed by atoms with Crippen molar-refractivity contribution < 1.29 is 23.9 Å². The van der Waals surface area contributed by atoms with Gasteiger partial charge in [-0.2, -0.15) is 0 Å². The molecule has 1 N–H and O–H groups in total. The number of nitrogens with zero attached hydrogens (tertiary/aromatic N) is 1. The van der Waals surface area contributed by atoms with E-state index in [1.54, 1.807) is 43.0 Å². The first-order chi connectivity index (χ1) is 14.9. The second kappa shape index (κ2) is 10.1. The molecule has 0 aromatic heterocycles. The SMILES string of the molecule is CCCOc1ccc(N2C[C@H](C(=O)Nc3ccc(C(=O)OC(C)C)cc3)CC2=O)cc1. The first-order valence-electron chi connectivity index (χ1n) is 10.5. The molecule has 2 aromatic rings. The van der Waals surface area contributed by atoms with Gasteiger partial charge in [0.2, 0.25) is 11.8 Å².